The molecule has 0 fully saturated rings. The maximum atomic E-state index is 6.27. The topological polar surface area (TPSA) is 35.0 Å². The number of aromatic nitrogens is 2. The summed E-state index contributed by atoms with van der Waals surface area (Å²) >= 11 is 0. The van der Waals surface area contributed by atoms with Crippen LogP contribution in [0.15, 0.2) is 36.7 Å². The smallest absolute Gasteiger partial charge is 0.159 e. The molecule has 0 atom stereocenters. The van der Waals surface area contributed by atoms with Gasteiger partial charge in [0.1, 0.15) is 5.75 Å². The molecular formula is C39H68N3O+. The zero-order valence-corrected chi connectivity index (χ0v) is 28.9. The van der Waals surface area contributed by atoms with Crippen molar-refractivity contribution in [3.8, 4) is 17.1 Å². The lowest BCUT2D eigenvalue weighted by atomic mass is 10.1. The molecule has 43 heavy (non-hydrogen) atoms. The van der Waals surface area contributed by atoms with E-state index in [2.05, 4.69) is 61.9 Å². The van der Waals surface area contributed by atoms with Gasteiger partial charge >= 0.3 is 0 Å². The molecule has 4 heteroatoms. The van der Waals surface area contributed by atoms with Crippen LogP contribution < -0.4 is 4.74 Å². The Morgan fingerprint density at radius 2 is 0.953 bits per heavy atom. The van der Waals surface area contributed by atoms with Gasteiger partial charge in [-0.15, -0.1) is 0 Å². The van der Waals surface area contributed by atoms with E-state index in [0.29, 0.717) is 0 Å². The molecule has 0 saturated heterocycles. The fraction of sp³-hybridized carbons (Fsp3) is 0.744. The van der Waals surface area contributed by atoms with E-state index in [-0.39, 0.29) is 0 Å². The highest BCUT2D eigenvalue weighted by atomic mass is 16.5. The zero-order chi connectivity index (χ0) is 30.9. The molecule has 0 saturated carbocycles. The van der Waals surface area contributed by atoms with Crippen molar-refractivity contribution in [1.82, 2.24) is 9.97 Å². The van der Waals surface area contributed by atoms with Gasteiger partial charge < -0.3 is 9.22 Å². The average Bonchev–Trinajstić information content (AvgIpc) is 3.04. The molecule has 1 heterocycles. The average molecular weight is 595 g/mol. The van der Waals surface area contributed by atoms with Gasteiger partial charge in [0, 0.05) is 24.4 Å². The number of unbranched alkanes of at least 4 members (excludes halogenated alkanes) is 14. The molecule has 1 aromatic heterocycles. The first-order valence-electron chi connectivity index (χ1n) is 18.6. The van der Waals surface area contributed by atoms with Crippen LogP contribution in [0.5, 0.6) is 5.75 Å². The fourth-order valence-corrected chi connectivity index (χ4v) is 6.33. The van der Waals surface area contributed by atoms with E-state index < -0.39 is 0 Å². The molecule has 0 N–H and O–H groups in total. The van der Waals surface area contributed by atoms with Gasteiger partial charge in [-0.1, -0.05) is 98.3 Å². The minimum Gasteiger partial charge on any atom is -0.493 e. The SMILES string of the molecule is CCCCCCCCc1cnc(-c2ccc(OCCC[N+](CCCCCC)(CCCCCC)CCCCCC)cc2)nc1. The number of hydrogen-bond donors (Lipinski definition) is 0. The highest BCUT2D eigenvalue weighted by molar-refractivity contribution is 5.55. The molecule has 1 aromatic carbocycles. The summed E-state index contributed by atoms with van der Waals surface area (Å²) in [5.74, 6) is 1.75. The number of aryl methyl sites for hydroxylation is 1. The van der Waals surface area contributed by atoms with Crippen molar-refractivity contribution in [2.75, 3.05) is 32.8 Å². The van der Waals surface area contributed by atoms with Gasteiger partial charge in [0.2, 0.25) is 0 Å². The number of nitrogens with zero attached hydrogens (tertiary/aromatic N) is 3. The Balaban J connectivity index is 1.86. The van der Waals surface area contributed by atoms with Gasteiger partial charge in [-0.25, -0.2) is 9.97 Å². The Bertz CT molecular complexity index is 864. The quantitative estimate of drug-likeness (QED) is 0.0726. The van der Waals surface area contributed by atoms with Crippen molar-refractivity contribution in [3.05, 3.63) is 42.2 Å². The summed E-state index contributed by atoms with van der Waals surface area (Å²) in [6.07, 6.45) is 30.5. The normalized spacial score (nSPS) is 11.7. The molecule has 2 rings (SSSR count). The first-order valence-corrected chi connectivity index (χ1v) is 18.6. The van der Waals surface area contributed by atoms with Gasteiger partial charge in [0.05, 0.1) is 32.8 Å². The Morgan fingerprint density at radius 1 is 0.512 bits per heavy atom. The molecule has 0 aliphatic heterocycles. The Labute approximate surface area is 267 Å². The van der Waals surface area contributed by atoms with Crippen LogP contribution in [-0.4, -0.2) is 47.2 Å². The van der Waals surface area contributed by atoms with Crippen LogP contribution in [0, 0.1) is 0 Å². The van der Waals surface area contributed by atoms with Gasteiger partial charge in [-0.2, -0.15) is 0 Å². The van der Waals surface area contributed by atoms with Crippen LogP contribution in [0.4, 0.5) is 0 Å². The summed E-state index contributed by atoms with van der Waals surface area (Å²) in [5.41, 5.74) is 2.30. The fourth-order valence-electron chi connectivity index (χ4n) is 6.33. The number of rotatable bonds is 28. The maximum absolute atomic E-state index is 6.27. The molecule has 0 aliphatic carbocycles. The Kier molecular flexibility index (Phi) is 21.1. The lowest BCUT2D eigenvalue weighted by Gasteiger charge is -2.39. The number of benzene rings is 1. The van der Waals surface area contributed by atoms with Gasteiger partial charge in [0.15, 0.2) is 5.82 Å². The molecule has 0 aliphatic rings. The van der Waals surface area contributed by atoms with Crippen molar-refractivity contribution in [3.63, 3.8) is 0 Å². The van der Waals surface area contributed by atoms with Gasteiger partial charge in [-0.05, 0) is 81.2 Å². The third-order valence-electron chi connectivity index (χ3n) is 9.14. The van der Waals surface area contributed by atoms with Crippen LogP contribution in [0.3, 0.4) is 0 Å². The van der Waals surface area contributed by atoms with Crippen molar-refractivity contribution >= 4 is 0 Å². The lowest BCUT2D eigenvalue weighted by molar-refractivity contribution is -0.929. The monoisotopic (exact) mass is 595 g/mol. The largest absolute Gasteiger partial charge is 0.493 e. The molecule has 4 nitrogen and oxygen atoms in total. The molecule has 0 radical (unpaired) electrons. The third-order valence-corrected chi connectivity index (χ3v) is 9.14. The highest BCUT2D eigenvalue weighted by Crippen LogP contribution is 2.22. The van der Waals surface area contributed by atoms with E-state index in [9.17, 15) is 0 Å². The molecule has 0 unspecified atom stereocenters. The zero-order valence-electron chi connectivity index (χ0n) is 28.9. The molecule has 244 valence electrons. The van der Waals surface area contributed by atoms with Gasteiger partial charge in [0.25, 0.3) is 0 Å². The van der Waals surface area contributed by atoms with E-state index in [0.717, 1.165) is 36.6 Å². The lowest BCUT2D eigenvalue weighted by Crippen LogP contribution is -2.51. The molecule has 0 bridgehead atoms. The molecular weight excluding hydrogens is 526 g/mol. The van der Waals surface area contributed by atoms with Crippen LogP contribution in [0.2, 0.25) is 0 Å². The third kappa shape index (κ3) is 16.6. The second-order valence-corrected chi connectivity index (χ2v) is 13.1. The summed E-state index contributed by atoms with van der Waals surface area (Å²) in [6.45, 7) is 15.3. The first-order chi connectivity index (χ1) is 21.2. The number of hydrogen-bond acceptors (Lipinski definition) is 3. The van der Waals surface area contributed by atoms with E-state index in [1.54, 1.807) is 0 Å². The highest BCUT2D eigenvalue weighted by Gasteiger charge is 2.26. The van der Waals surface area contributed by atoms with E-state index in [1.807, 2.05) is 12.4 Å². The summed E-state index contributed by atoms with van der Waals surface area (Å²) in [5, 5.41) is 0. The maximum Gasteiger partial charge on any atom is 0.159 e. The van der Waals surface area contributed by atoms with Crippen molar-refractivity contribution < 1.29 is 9.22 Å². The standard InChI is InChI=1S/C39H68N3O/c1-5-9-13-17-18-19-24-36-34-40-39(41-35-36)37-25-27-38(28-26-37)43-33-23-32-42(29-20-14-10-6-2,30-21-15-11-7-3)31-22-16-12-8-4/h25-28,34-35H,5-24,29-33H2,1-4H3/q+1. The van der Waals surface area contributed by atoms with Crippen LogP contribution in [0.25, 0.3) is 11.4 Å². The van der Waals surface area contributed by atoms with Crippen molar-refractivity contribution in [1.29, 1.82) is 0 Å². The predicted octanol–water partition coefficient (Wildman–Crippen LogP) is 11.4. The number of quaternary nitrogens is 1. The minimum atomic E-state index is 0.794. The Morgan fingerprint density at radius 3 is 1.47 bits per heavy atom. The van der Waals surface area contributed by atoms with E-state index in [4.69, 9.17) is 4.74 Å². The van der Waals surface area contributed by atoms with Crippen molar-refractivity contribution in [2.24, 2.45) is 0 Å². The second-order valence-electron chi connectivity index (χ2n) is 13.1. The summed E-state index contributed by atoms with van der Waals surface area (Å²) in [6, 6.07) is 8.39. The summed E-state index contributed by atoms with van der Waals surface area (Å²) in [7, 11) is 0. The Hall–Kier alpha value is -1.94. The summed E-state index contributed by atoms with van der Waals surface area (Å²) in [4.78, 5) is 9.33. The first kappa shape index (κ1) is 37.2. The summed E-state index contributed by atoms with van der Waals surface area (Å²) < 4.78 is 7.58. The van der Waals surface area contributed by atoms with Crippen LogP contribution in [0.1, 0.15) is 155 Å². The van der Waals surface area contributed by atoms with Crippen LogP contribution >= 0.6 is 0 Å². The van der Waals surface area contributed by atoms with Crippen LogP contribution in [-0.2, 0) is 6.42 Å². The van der Waals surface area contributed by atoms with Gasteiger partial charge in [-0.3, -0.25) is 0 Å². The molecule has 0 amide bonds. The van der Waals surface area contributed by atoms with E-state index in [1.165, 1.54) is 152 Å². The van der Waals surface area contributed by atoms with E-state index >= 15 is 0 Å². The number of ether oxygens (including phenoxy) is 1. The molecule has 2 aromatic rings. The predicted molar refractivity (Wildman–Crippen MR) is 187 cm³/mol. The van der Waals surface area contributed by atoms with Crippen molar-refractivity contribution in [2.45, 2.75) is 156 Å². The second kappa shape index (κ2) is 24.4. The minimum absolute atomic E-state index is 0.794. The molecule has 0 spiro atoms.